The van der Waals surface area contributed by atoms with E-state index in [1.165, 1.54) is 0 Å². The molecular formula is C14H17N3O. The van der Waals surface area contributed by atoms with Gasteiger partial charge in [0.25, 0.3) is 0 Å². The van der Waals surface area contributed by atoms with Crippen LogP contribution < -0.4 is 0 Å². The summed E-state index contributed by atoms with van der Waals surface area (Å²) in [4.78, 5) is 17.4. The monoisotopic (exact) mass is 243 g/mol. The van der Waals surface area contributed by atoms with Gasteiger partial charge in [-0.2, -0.15) is 5.26 Å². The first-order valence-corrected chi connectivity index (χ1v) is 6.26. The largest absolute Gasteiger partial charge is 0.300 e. The summed E-state index contributed by atoms with van der Waals surface area (Å²) in [6, 6.07) is 6.28. The molecule has 0 spiro atoms. The van der Waals surface area contributed by atoms with Gasteiger partial charge in [0.2, 0.25) is 0 Å². The minimum absolute atomic E-state index is 0.385. The van der Waals surface area contributed by atoms with Gasteiger partial charge in [-0.15, -0.1) is 0 Å². The number of ketones is 1. The van der Waals surface area contributed by atoms with E-state index in [0.29, 0.717) is 30.4 Å². The van der Waals surface area contributed by atoms with Crippen molar-refractivity contribution in [2.45, 2.75) is 38.3 Å². The van der Waals surface area contributed by atoms with E-state index < -0.39 is 0 Å². The fourth-order valence-corrected chi connectivity index (χ4v) is 2.42. The molecule has 1 aromatic heterocycles. The van der Waals surface area contributed by atoms with Gasteiger partial charge in [-0.1, -0.05) is 0 Å². The topological polar surface area (TPSA) is 57.0 Å². The summed E-state index contributed by atoms with van der Waals surface area (Å²) >= 11 is 0. The van der Waals surface area contributed by atoms with Crippen molar-refractivity contribution in [2.24, 2.45) is 0 Å². The Morgan fingerprint density at radius 2 is 2.22 bits per heavy atom. The number of hydrogen-bond acceptors (Lipinski definition) is 4. The van der Waals surface area contributed by atoms with Crippen molar-refractivity contribution < 1.29 is 4.79 Å². The third kappa shape index (κ3) is 3.14. The number of carbonyl (C=O) groups excluding carboxylic acids is 1. The quantitative estimate of drug-likeness (QED) is 0.813. The maximum atomic E-state index is 11.2. The average Bonchev–Trinajstić information content (AvgIpc) is 2.39. The van der Waals surface area contributed by atoms with Crippen LogP contribution in [0.4, 0.5) is 0 Å². The van der Waals surface area contributed by atoms with E-state index in [1.54, 1.807) is 6.20 Å². The molecule has 0 bridgehead atoms. The van der Waals surface area contributed by atoms with Crippen molar-refractivity contribution in [2.75, 3.05) is 7.05 Å². The molecule has 4 nitrogen and oxygen atoms in total. The first-order chi connectivity index (χ1) is 8.69. The Kier molecular flexibility index (Phi) is 4.06. The number of rotatable bonds is 3. The second kappa shape index (κ2) is 5.74. The van der Waals surface area contributed by atoms with E-state index in [0.717, 1.165) is 24.9 Å². The Balaban J connectivity index is 1.96. The molecule has 18 heavy (non-hydrogen) atoms. The van der Waals surface area contributed by atoms with Gasteiger partial charge < -0.3 is 0 Å². The SMILES string of the molecule is CN(Cc1ccnc(C#N)c1)C1CCC(=O)CC1. The minimum atomic E-state index is 0.385. The number of nitriles is 1. The van der Waals surface area contributed by atoms with Crippen LogP contribution in [-0.4, -0.2) is 28.8 Å². The second-order valence-corrected chi connectivity index (χ2v) is 4.85. The fourth-order valence-electron chi connectivity index (χ4n) is 2.42. The van der Waals surface area contributed by atoms with Crippen LogP contribution in [0, 0.1) is 11.3 Å². The maximum Gasteiger partial charge on any atom is 0.140 e. The van der Waals surface area contributed by atoms with Gasteiger partial charge in [-0.3, -0.25) is 9.69 Å². The van der Waals surface area contributed by atoms with Crippen LogP contribution in [0.5, 0.6) is 0 Å². The number of pyridine rings is 1. The number of hydrogen-bond donors (Lipinski definition) is 0. The molecule has 1 saturated carbocycles. The van der Waals surface area contributed by atoms with Gasteiger partial charge in [0.1, 0.15) is 17.5 Å². The third-order valence-electron chi connectivity index (χ3n) is 3.51. The molecular weight excluding hydrogens is 226 g/mol. The van der Waals surface area contributed by atoms with Gasteiger partial charge in [0.15, 0.2) is 0 Å². The molecule has 0 amide bonds. The van der Waals surface area contributed by atoms with Gasteiger partial charge >= 0.3 is 0 Å². The lowest BCUT2D eigenvalue weighted by molar-refractivity contribution is -0.121. The molecule has 1 heterocycles. The van der Waals surface area contributed by atoms with Crippen molar-refractivity contribution >= 4 is 5.78 Å². The lowest BCUT2D eigenvalue weighted by atomic mass is 9.93. The Bertz CT molecular complexity index is 468. The van der Waals surface area contributed by atoms with E-state index in [1.807, 2.05) is 12.1 Å². The number of carbonyl (C=O) groups is 1. The summed E-state index contributed by atoms with van der Waals surface area (Å²) < 4.78 is 0. The molecule has 0 atom stereocenters. The lowest BCUT2D eigenvalue weighted by Gasteiger charge is -2.30. The zero-order valence-electron chi connectivity index (χ0n) is 10.6. The molecule has 0 saturated heterocycles. The van der Waals surface area contributed by atoms with E-state index in [4.69, 9.17) is 5.26 Å². The second-order valence-electron chi connectivity index (χ2n) is 4.85. The minimum Gasteiger partial charge on any atom is -0.300 e. The van der Waals surface area contributed by atoms with Crippen molar-refractivity contribution in [3.8, 4) is 6.07 Å². The van der Waals surface area contributed by atoms with Crippen molar-refractivity contribution in [1.82, 2.24) is 9.88 Å². The molecule has 1 aromatic rings. The highest BCUT2D eigenvalue weighted by atomic mass is 16.1. The van der Waals surface area contributed by atoms with Crippen molar-refractivity contribution in [3.63, 3.8) is 0 Å². The standard InChI is InChI=1S/C14H17N3O/c1-17(13-2-4-14(18)5-3-13)10-11-6-7-16-12(8-11)9-15/h6-8,13H,2-5,10H2,1H3. The Hall–Kier alpha value is -1.73. The summed E-state index contributed by atoms with van der Waals surface area (Å²) in [5, 5.41) is 8.81. The molecule has 0 aromatic carbocycles. The van der Waals surface area contributed by atoms with Crippen molar-refractivity contribution in [3.05, 3.63) is 29.6 Å². The Morgan fingerprint density at radius 3 is 2.89 bits per heavy atom. The van der Waals surface area contributed by atoms with Crippen LogP contribution in [0.25, 0.3) is 0 Å². The molecule has 1 aliphatic rings. The summed E-state index contributed by atoms with van der Waals surface area (Å²) in [7, 11) is 2.08. The van der Waals surface area contributed by atoms with E-state index in [9.17, 15) is 4.79 Å². The fraction of sp³-hybridized carbons (Fsp3) is 0.500. The van der Waals surface area contributed by atoms with Crippen LogP contribution in [0.2, 0.25) is 0 Å². The Labute approximate surface area is 107 Å². The predicted molar refractivity (Wildman–Crippen MR) is 67.7 cm³/mol. The van der Waals surface area contributed by atoms with Crippen LogP contribution in [0.1, 0.15) is 36.9 Å². The van der Waals surface area contributed by atoms with Crippen LogP contribution in [-0.2, 0) is 11.3 Å². The summed E-state index contributed by atoms with van der Waals surface area (Å²) in [5.74, 6) is 0.385. The normalized spacial score (nSPS) is 16.8. The average molecular weight is 243 g/mol. The number of Topliss-reactive ketones (excluding diaryl/α,β-unsaturated/α-hetero) is 1. The molecule has 0 unspecified atom stereocenters. The van der Waals surface area contributed by atoms with Gasteiger partial charge in [-0.05, 0) is 37.6 Å². The molecule has 0 N–H and O–H groups in total. The summed E-state index contributed by atoms with van der Waals surface area (Å²) in [5.41, 5.74) is 1.56. The molecule has 1 aliphatic carbocycles. The number of aromatic nitrogens is 1. The first-order valence-electron chi connectivity index (χ1n) is 6.26. The number of nitrogens with zero attached hydrogens (tertiary/aromatic N) is 3. The van der Waals surface area contributed by atoms with Crippen LogP contribution in [0.15, 0.2) is 18.3 Å². The maximum absolute atomic E-state index is 11.2. The van der Waals surface area contributed by atoms with Gasteiger partial charge in [0.05, 0.1) is 0 Å². The van der Waals surface area contributed by atoms with Crippen LogP contribution in [0.3, 0.4) is 0 Å². The third-order valence-corrected chi connectivity index (χ3v) is 3.51. The van der Waals surface area contributed by atoms with Crippen molar-refractivity contribution in [1.29, 1.82) is 5.26 Å². The van der Waals surface area contributed by atoms with Gasteiger partial charge in [0, 0.05) is 31.6 Å². The molecule has 1 fully saturated rings. The predicted octanol–water partition coefficient (Wildman–Crippen LogP) is 1.90. The highest BCUT2D eigenvalue weighted by molar-refractivity contribution is 5.79. The smallest absolute Gasteiger partial charge is 0.140 e. The first kappa shape index (κ1) is 12.7. The van der Waals surface area contributed by atoms with E-state index in [2.05, 4.69) is 23.0 Å². The molecule has 0 radical (unpaired) electrons. The highest BCUT2D eigenvalue weighted by Crippen LogP contribution is 2.20. The molecule has 94 valence electrons. The zero-order valence-corrected chi connectivity index (χ0v) is 10.6. The zero-order chi connectivity index (χ0) is 13.0. The molecule has 4 heteroatoms. The molecule has 2 rings (SSSR count). The van der Waals surface area contributed by atoms with Gasteiger partial charge in [-0.25, -0.2) is 4.98 Å². The molecule has 0 aliphatic heterocycles. The van der Waals surface area contributed by atoms with E-state index in [-0.39, 0.29) is 0 Å². The van der Waals surface area contributed by atoms with E-state index >= 15 is 0 Å². The lowest BCUT2D eigenvalue weighted by Crippen LogP contribution is -2.34. The Morgan fingerprint density at radius 1 is 1.50 bits per heavy atom. The van der Waals surface area contributed by atoms with Crippen LogP contribution >= 0.6 is 0 Å². The highest BCUT2D eigenvalue weighted by Gasteiger charge is 2.22. The summed E-state index contributed by atoms with van der Waals surface area (Å²) in [6.45, 7) is 0.802. The summed E-state index contributed by atoms with van der Waals surface area (Å²) in [6.07, 6.45) is 4.98.